The average Bonchev–Trinajstić information content (AvgIpc) is 3.11. The summed E-state index contributed by atoms with van der Waals surface area (Å²) in [6, 6.07) is 0. The molecule has 2 nitrogen and oxygen atoms in total. The van der Waals surface area contributed by atoms with E-state index in [1.54, 1.807) is 5.57 Å². The van der Waals surface area contributed by atoms with Gasteiger partial charge in [-0.15, -0.1) is 0 Å². The van der Waals surface area contributed by atoms with Crippen LogP contribution in [0.25, 0.3) is 0 Å². The van der Waals surface area contributed by atoms with Gasteiger partial charge in [0.15, 0.2) is 0 Å². The van der Waals surface area contributed by atoms with Gasteiger partial charge in [-0.3, -0.25) is 4.79 Å². The molecule has 0 unspecified atom stereocenters. The Kier molecular flexibility index (Phi) is 7.79. The molecule has 0 amide bonds. The van der Waals surface area contributed by atoms with Crippen molar-refractivity contribution in [1.82, 2.24) is 0 Å². The van der Waals surface area contributed by atoms with Crippen molar-refractivity contribution >= 4 is 21.9 Å². The molecule has 0 aromatic heterocycles. The molecule has 9 atom stereocenters. The third-order valence-corrected chi connectivity index (χ3v) is 11.2. The molecule has 0 saturated heterocycles. The van der Waals surface area contributed by atoms with E-state index in [1.165, 1.54) is 57.8 Å². The summed E-state index contributed by atoms with van der Waals surface area (Å²) in [5, 5.41) is 0. The molecule has 33 heavy (non-hydrogen) atoms. The summed E-state index contributed by atoms with van der Waals surface area (Å²) in [5.41, 5.74) is 2.49. The molecule has 4 aliphatic rings. The van der Waals surface area contributed by atoms with Crippen LogP contribution < -0.4 is 0 Å². The molecule has 4 rings (SSSR count). The molecule has 0 heterocycles. The maximum Gasteiger partial charge on any atom is 0.319 e. The number of allylic oxidation sites excluding steroid dienone is 1. The summed E-state index contributed by atoms with van der Waals surface area (Å²) >= 11 is 3.37. The van der Waals surface area contributed by atoms with Gasteiger partial charge in [-0.2, -0.15) is 0 Å². The van der Waals surface area contributed by atoms with Gasteiger partial charge in [0.1, 0.15) is 10.9 Å². The van der Waals surface area contributed by atoms with Gasteiger partial charge in [-0.05, 0) is 98.2 Å². The van der Waals surface area contributed by atoms with Crippen molar-refractivity contribution in [2.24, 2.45) is 46.3 Å². The van der Waals surface area contributed by atoms with E-state index >= 15 is 0 Å². The number of hydrogen-bond donors (Lipinski definition) is 0. The molecule has 0 aromatic rings. The van der Waals surface area contributed by atoms with Crippen molar-refractivity contribution in [2.45, 2.75) is 123 Å². The van der Waals surface area contributed by atoms with E-state index in [0.717, 1.165) is 48.3 Å². The summed E-state index contributed by atoms with van der Waals surface area (Å²) in [6.07, 6.45) is 17.1. The number of fused-ring (bicyclic) bond motifs is 5. The zero-order valence-corrected chi connectivity index (χ0v) is 23.8. The van der Waals surface area contributed by atoms with Crippen molar-refractivity contribution in [2.75, 3.05) is 0 Å². The number of carbonyl (C=O) groups is 1. The lowest BCUT2D eigenvalue weighted by molar-refractivity contribution is -0.150. The van der Waals surface area contributed by atoms with E-state index in [9.17, 15) is 4.79 Å². The third-order valence-electron chi connectivity index (χ3n) is 10.9. The van der Waals surface area contributed by atoms with Crippen LogP contribution in [-0.2, 0) is 9.53 Å². The molecule has 0 aliphatic heterocycles. The molecule has 188 valence electrons. The lowest BCUT2D eigenvalue weighted by Gasteiger charge is -2.58. The highest BCUT2D eigenvalue weighted by molar-refractivity contribution is 9.10. The Morgan fingerprint density at radius 2 is 1.82 bits per heavy atom. The molecular formula is C30H49BrO2. The zero-order chi connectivity index (χ0) is 24.0. The SMILES string of the molecule is CC(C)CCC[C@H](C)[C@@H]1CC[C@@H]2[C@H]3CC=C4C[C@@H](OC(=O)[C@@H](C)Br)CC[C@]4(C)[C@@H]3CC[C@@]21C. The number of carbonyl (C=O) groups excluding carboxylic acids is 1. The van der Waals surface area contributed by atoms with Crippen LogP contribution in [0.15, 0.2) is 11.6 Å². The number of halogens is 1. The minimum absolute atomic E-state index is 0.0739. The normalized spacial score (nSPS) is 42.1. The van der Waals surface area contributed by atoms with E-state index in [1.807, 2.05) is 6.92 Å². The highest BCUT2D eigenvalue weighted by Gasteiger charge is 2.59. The first-order valence-corrected chi connectivity index (χ1v) is 15.0. The minimum Gasteiger partial charge on any atom is -0.461 e. The Balaban J connectivity index is 1.45. The van der Waals surface area contributed by atoms with Crippen LogP contribution >= 0.6 is 15.9 Å². The first-order chi connectivity index (χ1) is 15.6. The minimum atomic E-state index is -0.213. The van der Waals surface area contributed by atoms with Gasteiger partial charge in [-0.25, -0.2) is 0 Å². The summed E-state index contributed by atoms with van der Waals surface area (Å²) in [6.45, 7) is 14.4. The molecule has 4 aliphatic carbocycles. The molecule has 0 spiro atoms. The number of rotatable bonds is 7. The maximum atomic E-state index is 12.1. The molecule has 0 aromatic carbocycles. The van der Waals surface area contributed by atoms with Crippen LogP contribution in [0.1, 0.15) is 112 Å². The van der Waals surface area contributed by atoms with Gasteiger partial charge in [0.2, 0.25) is 0 Å². The van der Waals surface area contributed by atoms with Crippen LogP contribution in [0.4, 0.5) is 0 Å². The Hall–Kier alpha value is -0.310. The van der Waals surface area contributed by atoms with Crippen LogP contribution in [0.2, 0.25) is 0 Å². The molecule has 3 fully saturated rings. The Morgan fingerprint density at radius 1 is 1.06 bits per heavy atom. The third kappa shape index (κ3) is 4.88. The number of alkyl halides is 1. The Labute approximate surface area is 212 Å². The first-order valence-electron chi connectivity index (χ1n) is 14.1. The molecule has 0 N–H and O–H groups in total. The van der Waals surface area contributed by atoms with Crippen molar-refractivity contribution in [1.29, 1.82) is 0 Å². The van der Waals surface area contributed by atoms with Crippen LogP contribution in [0.3, 0.4) is 0 Å². The average molecular weight is 522 g/mol. The second-order valence-electron chi connectivity index (χ2n) is 13.2. The second-order valence-corrected chi connectivity index (χ2v) is 14.6. The van der Waals surface area contributed by atoms with Gasteiger partial charge >= 0.3 is 5.97 Å². The van der Waals surface area contributed by atoms with E-state index in [0.29, 0.717) is 10.8 Å². The van der Waals surface area contributed by atoms with Crippen molar-refractivity contribution in [3.63, 3.8) is 0 Å². The fourth-order valence-electron chi connectivity index (χ4n) is 9.01. The lowest BCUT2D eigenvalue weighted by atomic mass is 9.47. The predicted octanol–water partition coefficient (Wildman–Crippen LogP) is 8.72. The number of ether oxygens (including phenoxy) is 1. The fraction of sp³-hybridized carbons (Fsp3) is 0.900. The standard InChI is InChI=1S/C30H49BrO2/c1-19(2)8-7-9-20(3)25-12-13-26-24-11-10-22-18-23(33-28(32)21(4)31)14-16-29(22,5)27(24)15-17-30(25,26)6/h10,19-21,23-27H,7-9,11-18H2,1-6H3/t20-,21+,23-,24+,25-,26+,27+,29-,30+/m0/s1. The largest absolute Gasteiger partial charge is 0.461 e. The van der Waals surface area contributed by atoms with Gasteiger partial charge < -0.3 is 4.74 Å². The van der Waals surface area contributed by atoms with Gasteiger partial charge in [0.05, 0.1) is 0 Å². The number of hydrogen-bond acceptors (Lipinski definition) is 2. The Morgan fingerprint density at radius 3 is 2.52 bits per heavy atom. The molecule has 3 saturated carbocycles. The Bertz CT molecular complexity index is 742. The molecular weight excluding hydrogens is 472 g/mol. The fourth-order valence-corrected chi connectivity index (χ4v) is 9.12. The summed E-state index contributed by atoms with van der Waals surface area (Å²) in [5.74, 6) is 5.14. The van der Waals surface area contributed by atoms with E-state index < -0.39 is 0 Å². The molecule has 3 heteroatoms. The first kappa shape index (κ1) is 25.8. The van der Waals surface area contributed by atoms with Gasteiger partial charge in [0.25, 0.3) is 0 Å². The monoisotopic (exact) mass is 520 g/mol. The predicted molar refractivity (Wildman–Crippen MR) is 141 cm³/mol. The van der Waals surface area contributed by atoms with Crippen molar-refractivity contribution < 1.29 is 9.53 Å². The topological polar surface area (TPSA) is 26.3 Å². The van der Waals surface area contributed by atoms with Crippen LogP contribution in [0.5, 0.6) is 0 Å². The summed E-state index contributed by atoms with van der Waals surface area (Å²) < 4.78 is 5.83. The van der Waals surface area contributed by atoms with Gasteiger partial charge in [0, 0.05) is 6.42 Å². The maximum absolute atomic E-state index is 12.1. The molecule has 0 radical (unpaired) electrons. The van der Waals surface area contributed by atoms with Crippen molar-refractivity contribution in [3.8, 4) is 0 Å². The van der Waals surface area contributed by atoms with E-state index in [4.69, 9.17) is 4.74 Å². The van der Waals surface area contributed by atoms with Crippen LogP contribution in [0, 0.1) is 46.3 Å². The van der Waals surface area contributed by atoms with E-state index in [2.05, 4.69) is 56.6 Å². The quantitative estimate of drug-likeness (QED) is 0.190. The number of esters is 1. The van der Waals surface area contributed by atoms with Crippen LogP contribution in [-0.4, -0.2) is 16.9 Å². The van der Waals surface area contributed by atoms with Crippen molar-refractivity contribution in [3.05, 3.63) is 11.6 Å². The summed E-state index contributed by atoms with van der Waals surface area (Å²) in [4.78, 5) is 11.9. The second kappa shape index (κ2) is 9.98. The lowest BCUT2D eigenvalue weighted by Crippen LogP contribution is -2.51. The smallest absolute Gasteiger partial charge is 0.319 e. The van der Waals surface area contributed by atoms with E-state index in [-0.39, 0.29) is 16.9 Å². The van der Waals surface area contributed by atoms with Gasteiger partial charge in [-0.1, -0.05) is 81.5 Å². The highest BCUT2D eigenvalue weighted by Crippen LogP contribution is 2.67. The zero-order valence-electron chi connectivity index (χ0n) is 22.2. The highest BCUT2D eigenvalue weighted by atomic mass is 79.9. The summed E-state index contributed by atoms with van der Waals surface area (Å²) in [7, 11) is 0. The molecule has 0 bridgehead atoms.